The third-order valence-electron chi connectivity index (χ3n) is 4.68. The molecule has 0 unspecified atom stereocenters. The van der Waals surface area contributed by atoms with Crippen molar-refractivity contribution in [1.29, 1.82) is 0 Å². The van der Waals surface area contributed by atoms with Gasteiger partial charge < -0.3 is 5.32 Å². The molecule has 1 N–H and O–H groups in total. The average molecular weight is 449 g/mol. The van der Waals surface area contributed by atoms with E-state index in [1.807, 2.05) is 51.1 Å². The summed E-state index contributed by atoms with van der Waals surface area (Å²) in [6, 6.07) is 15.6. The number of hydrogen-bond donors (Lipinski definition) is 1. The number of anilines is 1. The molecule has 0 saturated carbocycles. The third kappa shape index (κ3) is 4.83. The summed E-state index contributed by atoms with van der Waals surface area (Å²) in [6.07, 6.45) is 0. The first kappa shape index (κ1) is 21.6. The molecule has 0 aliphatic heterocycles. The molecule has 9 heteroatoms. The van der Waals surface area contributed by atoms with Crippen LogP contribution < -0.4 is 5.32 Å². The number of carbonyl (C=O) groups is 1. The number of nitrogens with one attached hydrogen (secondary N) is 1. The smallest absolute Gasteiger partial charge is 0.278 e. The Morgan fingerprint density at radius 3 is 2.41 bits per heavy atom. The summed E-state index contributed by atoms with van der Waals surface area (Å²) < 4.78 is 15.7. The molecule has 0 aliphatic rings. The fraction of sp³-hybridized carbons (Fsp3) is 0.174. The molecule has 0 aliphatic carbocycles. The maximum absolute atomic E-state index is 14.0. The van der Waals surface area contributed by atoms with E-state index in [0.717, 1.165) is 22.6 Å². The van der Waals surface area contributed by atoms with E-state index in [1.165, 1.54) is 23.9 Å². The van der Waals surface area contributed by atoms with Crippen LogP contribution >= 0.6 is 11.8 Å². The zero-order chi connectivity index (χ0) is 22.7. The van der Waals surface area contributed by atoms with E-state index in [1.54, 1.807) is 16.8 Å². The van der Waals surface area contributed by atoms with Gasteiger partial charge >= 0.3 is 0 Å². The molecule has 7 nitrogen and oxygen atoms in total. The Morgan fingerprint density at radius 1 is 1.03 bits per heavy atom. The van der Waals surface area contributed by atoms with Gasteiger partial charge in [0.05, 0.1) is 17.1 Å². The van der Waals surface area contributed by atoms with Crippen LogP contribution in [0.25, 0.3) is 5.69 Å². The third-order valence-corrected chi connectivity index (χ3v) is 5.54. The lowest BCUT2D eigenvalue weighted by atomic mass is 10.2. The van der Waals surface area contributed by atoms with Crippen LogP contribution in [-0.4, -0.2) is 30.9 Å². The second-order valence-corrected chi connectivity index (χ2v) is 8.23. The lowest BCUT2D eigenvalue weighted by Crippen LogP contribution is -2.16. The van der Waals surface area contributed by atoms with E-state index in [4.69, 9.17) is 0 Å². The molecule has 2 aromatic carbocycles. The molecule has 2 heterocycles. The fourth-order valence-corrected chi connectivity index (χ4v) is 4.08. The molecule has 0 spiro atoms. The van der Waals surface area contributed by atoms with Crippen LogP contribution in [0.5, 0.6) is 0 Å². The highest BCUT2D eigenvalue weighted by Gasteiger charge is 2.22. The molecule has 0 radical (unpaired) electrons. The van der Waals surface area contributed by atoms with Crippen LogP contribution in [0.15, 0.2) is 59.8 Å². The minimum atomic E-state index is -0.537. The van der Waals surface area contributed by atoms with Gasteiger partial charge in [-0.2, -0.15) is 0 Å². The number of benzene rings is 2. The van der Waals surface area contributed by atoms with Gasteiger partial charge in [0.2, 0.25) is 0 Å². The summed E-state index contributed by atoms with van der Waals surface area (Å²) >= 11 is 1.38. The molecule has 32 heavy (non-hydrogen) atoms. The molecule has 0 atom stereocenters. The van der Waals surface area contributed by atoms with Crippen molar-refractivity contribution in [2.24, 2.45) is 0 Å². The number of hydrogen-bond acceptors (Lipinski definition) is 6. The molecular weight excluding hydrogens is 427 g/mol. The summed E-state index contributed by atoms with van der Waals surface area (Å²) in [7, 11) is 0. The van der Waals surface area contributed by atoms with Gasteiger partial charge in [-0.15, -0.1) is 5.10 Å². The summed E-state index contributed by atoms with van der Waals surface area (Å²) in [5.74, 6) is -0.708. The minimum absolute atomic E-state index is 0.0821. The fourth-order valence-electron chi connectivity index (χ4n) is 3.14. The Hall–Kier alpha value is -3.59. The standard InChI is InChI=1S/C23H21FN6OS/c1-14-8-10-17(11-9-14)30-20(13-32-23-25-15(2)12-16(3)26-23)21(28-29-30)22(31)27-19-7-5-4-6-18(19)24/h4-12H,13H2,1-3H3,(H,27,31). The maximum atomic E-state index is 14.0. The van der Waals surface area contributed by atoms with Crippen molar-refractivity contribution in [2.75, 3.05) is 5.32 Å². The van der Waals surface area contributed by atoms with E-state index in [2.05, 4.69) is 25.6 Å². The van der Waals surface area contributed by atoms with Crippen molar-refractivity contribution in [2.45, 2.75) is 31.7 Å². The normalized spacial score (nSPS) is 10.9. The number of nitrogens with zero attached hydrogens (tertiary/aromatic N) is 5. The van der Waals surface area contributed by atoms with Gasteiger partial charge in [0, 0.05) is 17.1 Å². The molecule has 4 rings (SSSR count). The molecule has 0 bridgehead atoms. The van der Waals surface area contributed by atoms with Gasteiger partial charge in [-0.1, -0.05) is 46.8 Å². The average Bonchev–Trinajstić information content (AvgIpc) is 3.18. The second-order valence-electron chi connectivity index (χ2n) is 7.29. The number of thioether (sulfide) groups is 1. The first-order chi connectivity index (χ1) is 15.4. The van der Waals surface area contributed by atoms with Gasteiger partial charge in [-0.05, 0) is 51.1 Å². The first-order valence-corrected chi connectivity index (χ1v) is 10.9. The number of aromatic nitrogens is 5. The van der Waals surface area contributed by atoms with Gasteiger partial charge in [0.1, 0.15) is 5.82 Å². The Labute approximate surface area is 189 Å². The van der Waals surface area contributed by atoms with Crippen molar-refractivity contribution in [3.8, 4) is 5.69 Å². The highest BCUT2D eigenvalue weighted by Crippen LogP contribution is 2.25. The van der Waals surface area contributed by atoms with Gasteiger partial charge in [0.15, 0.2) is 10.9 Å². The van der Waals surface area contributed by atoms with E-state index >= 15 is 0 Å². The Balaban J connectivity index is 1.68. The number of halogens is 1. The van der Waals surface area contributed by atoms with Crippen LogP contribution in [-0.2, 0) is 5.75 Å². The molecule has 0 fully saturated rings. The number of aryl methyl sites for hydroxylation is 3. The summed E-state index contributed by atoms with van der Waals surface area (Å²) in [5.41, 5.74) is 4.36. The Kier molecular flexibility index (Phi) is 6.27. The van der Waals surface area contributed by atoms with E-state index < -0.39 is 11.7 Å². The van der Waals surface area contributed by atoms with E-state index in [9.17, 15) is 9.18 Å². The number of carbonyl (C=O) groups excluding carboxylic acids is 1. The molecule has 162 valence electrons. The monoisotopic (exact) mass is 448 g/mol. The van der Waals surface area contributed by atoms with Crippen LogP contribution in [0.1, 0.15) is 33.1 Å². The largest absolute Gasteiger partial charge is 0.318 e. The predicted octanol–water partition coefficient (Wildman–Crippen LogP) is 4.67. The zero-order valence-electron chi connectivity index (χ0n) is 17.8. The Morgan fingerprint density at radius 2 is 1.72 bits per heavy atom. The van der Waals surface area contributed by atoms with E-state index in [0.29, 0.717) is 16.6 Å². The van der Waals surface area contributed by atoms with Gasteiger partial charge in [-0.3, -0.25) is 4.79 Å². The Bertz CT molecular complexity index is 1250. The molecule has 2 aromatic heterocycles. The lowest BCUT2D eigenvalue weighted by molar-refractivity contribution is 0.102. The van der Waals surface area contributed by atoms with Crippen LogP contribution in [0.4, 0.5) is 10.1 Å². The molecule has 1 amide bonds. The summed E-state index contributed by atoms with van der Waals surface area (Å²) in [4.78, 5) is 21.9. The van der Waals surface area contributed by atoms with Crippen LogP contribution in [0.2, 0.25) is 0 Å². The predicted molar refractivity (Wildman–Crippen MR) is 122 cm³/mol. The first-order valence-electron chi connectivity index (χ1n) is 9.93. The summed E-state index contributed by atoms with van der Waals surface area (Å²) in [6.45, 7) is 5.81. The number of amides is 1. The van der Waals surface area contributed by atoms with Crippen molar-refractivity contribution < 1.29 is 9.18 Å². The lowest BCUT2D eigenvalue weighted by Gasteiger charge is -2.09. The van der Waals surface area contributed by atoms with Crippen molar-refractivity contribution in [1.82, 2.24) is 25.0 Å². The van der Waals surface area contributed by atoms with Crippen molar-refractivity contribution in [3.63, 3.8) is 0 Å². The SMILES string of the molecule is Cc1ccc(-n2nnc(C(=O)Nc3ccccc3F)c2CSc2nc(C)cc(C)n2)cc1. The molecule has 4 aromatic rings. The quantitative estimate of drug-likeness (QED) is 0.341. The van der Waals surface area contributed by atoms with Crippen LogP contribution in [0, 0.1) is 26.6 Å². The zero-order valence-corrected chi connectivity index (χ0v) is 18.7. The molecule has 0 saturated heterocycles. The highest BCUT2D eigenvalue weighted by molar-refractivity contribution is 7.98. The second kappa shape index (κ2) is 9.27. The van der Waals surface area contributed by atoms with Crippen LogP contribution in [0.3, 0.4) is 0 Å². The maximum Gasteiger partial charge on any atom is 0.278 e. The number of rotatable bonds is 6. The van der Waals surface area contributed by atoms with Gasteiger partial charge in [-0.25, -0.2) is 19.0 Å². The van der Waals surface area contributed by atoms with Gasteiger partial charge in [0.25, 0.3) is 5.91 Å². The highest BCUT2D eigenvalue weighted by atomic mass is 32.2. The topological polar surface area (TPSA) is 85.6 Å². The minimum Gasteiger partial charge on any atom is -0.318 e. The van der Waals surface area contributed by atoms with Crippen molar-refractivity contribution >= 4 is 23.4 Å². The molecular formula is C23H21FN6OS. The van der Waals surface area contributed by atoms with Crippen molar-refractivity contribution in [3.05, 3.63) is 88.8 Å². The van der Waals surface area contributed by atoms with E-state index in [-0.39, 0.29) is 11.4 Å². The number of para-hydroxylation sites is 1. The summed E-state index contributed by atoms with van der Waals surface area (Å²) in [5, 5.41) is 11.5.